The van der Waals surface area contributed by atoms with Crippen LogP contribution in [0.4, 0.5) is 0 Å². The van der Waals surface area contributed by atoms with Crippen molar-refractivity contribution in [1.29, 1.82) is 0 Å². The van der Waals surface area contributed by atoms with Crippen LogP contribution in [0.3, 0.4) is 0 Å². The van der Waals surface area contributed by atoms with E-state index in [0.717, 1.165) is 5.56 Å². The van der Waals surface area contributed by atoms with Gasteiger partial charge in [0.1, 0.15) is 24.4 Å². The quantitative estimate of drug-likeness (QED) is 0.790. The smallest absolute Gasteiger partial charge is 0.187 e. The lowest BCUT2D eigenvalue weighted by Crippen LogP contribution is -2.52. The molecule has 5 nitrogen and oxygen atoms in total. The first-order valence-corrected chi connectivity index (χ1v) is 6.14. The van der Waals surface area contributed by atoms with E-state index in [1.54, 1.807) is 0 Å². The second kappa shape index (κ2) is 4.01. The van der Waals surface area contributed by atoms with E-state index in [2.05, 4.69) is 0 Å². The summed E-state index contributed by atoms with van der Waals surface area (Å²) in [6.45, 7) is 0.404. The highest BCUT2D eigenvalue weighted by atomic mass is 16.8. The Balaban J connectivity index is 1.60. The molecule has 0 radical (unpaired) electrons. The van der Waals surface area contributed by atoms with Crippen LogP contribution in [0.15, 0.2) is 30.3 Å². The van der Waals surface area contributed by atoms with Crippen LogP contribution in [0.25, 0.3) is 0 Å². The third-order valence-electron chi connectivity index (χ3n) is 3.68. The van der Waals surface area contributed by atoms with E-state index in [9.17, 15) is 5.11 Å². The molecule has 3 aliphatic rings. The summed E-state index contributed by atoms with van der Waals surface area (Å²) in [5.74, 6) is 0. The van der Waals surface area contributed by atoms with Crippen LogP contribution >= 0.6 is 0 Å². The molecule has 96 valence electrons. The van der Waals surface area contributed by atoms with Crippen molar-refractivity contribution in [2.75, 3.05) is 6.61 Å². The number of aliphatic hydroxyl groups excluding tert-OH is 1. The summed E-state index contributed by atoms with van der Waals surface area (Å²) in [4.78, 5) is 0. The first-order valence-electron chi connectivity index (χ1n) is 6.14. The molecular weight excluding hydrogens is 236 g/mol. The van der Waals surface area contributed by atoms with E-state index in [0.29, 0.717) is 6.61 Å². The zero-order valence-electron chi connectivity index (χ0n) is 9.64. The van der Waals surface area contributed by atoms with Gasteiger partial charge in [-0.15, -0.1) is 0 Å². The summed E-state index contributed by atoms with van der Waals surface area (Å²) in [5.41, 5.74) is 0.940. The fourth-order valence-electron chi connectivity index (χ4n) is 2.74. The fraction of sp³-hybridized carbons (Fsp3) is 0.538. The number of rotatable bonds is 1. The lowest BCUT2D eigenvalue weighted by atomic mass is 10.0. The minimum Gasteiger partial charge on any atom is -0.387 e. The van der Waals surface area contributed by atoms with Gasteiger partial charge < -0.3 is 24.1 Å². The van der Waals surface area contributed by atoms with Gasteiger partial charge in [0.25, 0.3) is 0 Å². The fourth-order valence-corrected chi connectivity index (χ4v) is 2.74. The summed E-state index contributed by atoms with van der Waals surface area (Å²) in [6, 6.07) is 9.68. The molecule has 0 aromatic heterocycles. The van der Waals surface area contributed by atoms with E-state index in [-0.39, 0.29) is 18.3 Å². The average molecular weight is 250 g/mol. The Morgan fingerprint density at radius 1 is 1.00 bits per heavy atom. The standard InChI is InChI=1S/C13H14O5/c14-9-8-6-15-13(16-8)11-10(9)17-12(18-11)7-4-2-1-3-5-7/h1-5,8-14H,6H2/t8-,9+,10-,11-,12?,13+/m0/s1. The van der Waals surface area contributed by atoms with Crippen LogP contribution in [0.1, 0.15) is 11.9 Å². The van der Waals surface area contributed by atoms with Crippen molar-refractivity contribution < 1.29 is 24.1 Å². The number of fused-ring (bicyclic) bond motifs is 4. The summed E-state index contributed by atoms with van der Waals surface area (Å²) in [5, 5.41) is 10.1. The topological polar surface area (TPSA) is 57.2 Å². The summed E-state index contributed by atoms with van der Waals surface area (Å²) < 4.78 is 22.6. The van der Waals surface area contributed by atoms with Gasteiger partial charge in [0, 0.05) is 5.56 Å². The van der Waals surface area contributed by atoms with Crippen LogP contribution in [-0.2, 0) is 18.9 Å². The molecule has 0 spiro atoms. The molecule has 3 saturated heterocycles. The van der Waals surface area contributed by atoms with E-state index < -0.39 is 18.7 Å². The van der Waals surface area contributed by atoms with Crippen LogP contribution in [-0.4, -0.2) is 42.4 Å². The maximum Gasteiger partial charge on any atom is 0.187 e. The van der Waals surface area contributed by atoms with Crippen molar-refractivity contribution in [2.45, 2.75) is 37.0 Å². The number of benzene rings is 1. The van der Waals surface area contributed by atoms with Gasteiger partial charge >= 0.3 is 0 Å². The van der Waals surface area contributed by atoms with Gasteiger partial charge in [0.05, 0.1) is 6.61 Å². The van der Waals surface area contributed by atoms with E-state index in [1.165, 1.54) is 0 Å². The normalized spacial score (nSPS) is 46.1. The molecule has 5 heteroatoms. The minimum absolute atomic E-state index is 0.297. The van der Waals surface area contributed by atoms with Crippen molar-refractivity contribution in [3.63, 3.8) is 0 Å². The predicted octanol–water partition coefficient (Wildman–Crippen LogP) is 0.585. The predicted molar refractivity (Wildman–Crippen MR) is 59.5 cm³/mol. The van der Waals surface area contributed by atoms with E-state index >= 15 is 0 Å². The lowest BCUT2D eigenvalue weighted by Gasteiger charge is -2.31. The van der Waals surface area contributed by atoms with Gasteiger partial charge in [0.2, 0.25) is 0 Å². The number of hydrogen-bond acceptors (Lipinski definition) is 5. The molecule has 1 aromatic rings. The van der Waals surface area contributed by atoms with Crippen molar-refractivity contribution >= 4 is 0 Å². The van der Waals surface area contributed by atoms with Crippen molar-refractivity contribution in [1.82, 2.24) is 0 Å². The average Bonchev–Trinajstić information content (AvgIpc) is 3.04. The van der Waals surface area contributed by atoms with Crippen LogP contribution in [0.5, 0.6) is 0 Å². The minimum atomic E-state index is -0.692. The van der Waals surface area contributed by atoms with Gasteiger partial charge in [-0.2, -0.15) is 0 Å². The zero-order chi connectivity index (χ0) is 12.1. The SMILES string of the molecule is O[C@H]1[C@@H]2OC(c3ccccc3)O[C@@H]2[C@@H]2OC[C@@H]1O2. The molecule has 4 rings (SSSR count). The number of aliphatic hydroxyl groups is 1. The second-order valence-corrected chi connectivity index (χ2v) is 4.81. The monoisotopic (exact) mass is 250 g/mol. The summed E-state index contributed by atoms with van der Waals surface area (Å²) in [7, 11) is 0. The molecule has 1 N–H and O–H groups in total. The maximum absolute atomic E-state index is 10.1. The Morgan fingerprint density at radius 3 is 2.61 bits per heavy atom. The largest absolute Gasteiger partial charge is 0.387 e. The van der Waals surface area contributed by atoms with Gasteiger partial charge in [-0.05, 0) is 0 Å². The van der Waals surface area contributed by atoms with Crippen LogP contribution in [0.2, 0.25) is 0 Å². The van der Waals surface area contributed by atoms with Gasteiger partial charge in [-0.25, -0.2) is 0 Å². The Morgan fingerprint density at radius 2 is 1.78 bits per heavy atom. The zero-order valence-corrected chi connectivity index (χ0v) is 9.64. The van der Waals surface area contributed by atoms with Crippen molar-refractivity contribution in [2.24, 2.45) is 0 Å². The molecule has 0 amide bonds. The Kier molecular flexibility index (Phi) is 2.43. The molecule has 3 heterocycles. The number of ether oxygens (including phenoxy) is 4. The Bertz CT molecular complexity index is 430. The molecule has 3 fully saturated rings. The first kappa shape index (κ1) is 10.9. The second-order valence-electron chi connectivity index (χ2n) is 4.81. The molecule has 0 aliphatic carbocycles. The number of hydrogen-bond donors (Lipinski definition) is 1. The summed E-state index contributed by atoms with van der Waals surface area (Å²) >= 11 is 0. The molecular formula is C13H14O5. The summed E-state index contributed by atoms with van der Waals surface area (Å²) in [6.07, 6.45) is -2.60. The molecule has 6 atom stereocenters. The molecule has 1 aromatic carbocycles. The van der Waals surface area contributed by atoms with Crippen molar-refractivity contribution in [3.8, 4) is 0 Å². The van der Waals surface area contributed by atoms with E-state index in [1.807, 2.05) is 30.3 Å². The lowest BCUT2D eigenvalue weighted by molar-refractivity contribution is -0.194. The molecule has 1 unspecified atom stereocenters. The van der Waals surface area contributed by atoms with E-state index in [4.69, 9.17) is 18.9 Å². The highest BCUT2D eigenvalue weighted by Gasteiger charge is 2.56. The van der Waals surface area contributed by atoms with Gasteiger partial charge in [0.15, 0.2) is 12.6 Å². The Labute approximate surface area is 104 Å². The molecule has 18 heavy (non-hydrogen) atoms. The molecule has 0 saturated carbocycles. The highest BCUT2D eigenvalue weighted by molar-refractivity contribution is 5.17. The highest BCUT2D eigenvalue weighted by Crippen LogP contribution is 2.41. The third-order valence-corrected chi connectivity index (χ3v) is 3.68. The first-order chi connectivity index (χ1) is 8.83. The van der Waals surface area contributed by atoms with Gasteiger partial charge in [-0.1, -0.05) is 30.3 Å². The van der Waals surface area contributed by atoms with Crippen LogP contribution in [0, 0.1) is 0 Å². The Hall–Kier alpha value is -0.980. The van der Waals surface area contributed by atoms with Crippen LogP contribution < -0.4 is 0 Å². The van der Waals surface area contributed by atoms with Gasteiger partial charge in [-0.3, -0.25) is 0 Å². The van der Waals surface area contributed by atoms with Crippen molar-refractivity contribution in [3.05, 3.63) is 35.9 Å². The third kappa shape index (κ3) is 1.52. The molecule has 3 aliphatic heterocycles. The maximum atomic E-state index is 10.1. The molecule has 2 bridgehead atoms.